The number of Topliss-reactive ketones (excluding diaryl/α,β-unsaturated/α-hetero) is 4. The molecule has 1 aliphatic heterocycles. The lowest BCUT2D eigenvalue weighted by Gasteiger charge is -2.35. The predicted octanol–water partition coefficient (Wildman–Crippen LogP) is 2.44. The van der Waals surface area contributed by atoms with Gasteiger partial charge in [-0.15, -0.1) is 0 Å². The molecular weight excluding hydrogens is 398 g/mol. The zero-order chi connectivity index (χ0) is 21.9. The fourth-order valence-corrected chi connectivity index (χ4v) is 4.32. The van der Waals surface area contributed by atoms with Crippen molar-refractivity contribution in [3.8, 4) is 0 Å². The molecule has 0 atom stereocenters. The molecule has 1 heterocycles. The largest absolute Gasteiger partial charge is 0.465 e. The number of rotatable bonds is 2. The lowest BCUT2D eigenvalue weighted by atomic mass is 9.71. The number of benzene rings is 2. The van der Waals surface area contributed by atoms with Crippen LogP contribution in [0, 0.1) is 5.92 Å². The molecule has 7 nitrogen and oxygen atoms in total. The number of esters is 1. The fraction of sp³-hybridized carbons (Fsp3) is 0.125. The van der Waals surface area contributed by atoms with Crippen molar-refractivity contribution in [1.29, 1.82) is 0 Å². The van der Waals surface area contributed by atoms with Crippen molar-refractivity contribution in [2.45, 2.75) is 6.92 Å². The summed E-state index contributed by atoms with van der Waals surface area (Å²) >= 11 is 0. The van der Waals surface area contributed by atoms with E-state index in [1.54, 1.807) is 31.2 Å². The van der Waals surface area contributed by atoms with Crippen molar-refractivity contribution in [2.24, 2.45) is 5.92 Å². The first-order valence-corrected chi connectivity index (χ1v) is 9.74. The summed E-state index contributed by atoms with van der Waals surface area (Å²) in [5, 5.41) is 2.74. The van der Waals surface area contributed by atoms with Gasteiger partial charge in [-0.25, -0.2) is 0 Å². The SMILES string of the molecule is CCOC(=O)C1C2=C(NC3=C1C(=O)c1ccccc1C3=O)C(=O)c1ccccc1C2=O. The number of ether oxygens (including phenoxy) is 1. The van der Waals surface area contributed by atoms with Crippen molar-refractivity contribution >= 4 is 29.1 Å². The molecule has 31 heavy (non-hydrogen) atoms. The van der Waals surface area contributed by atoms with Crippen molar-refractivity contribution in [3.63, 3.8) is 0 Å². The molecular formula is C24H15NO6. The smallest absolute Gasteiger partial charge is 0.318 e. The molecule has 3 aliphatic rings. The average Bonchev–Trinajstić information content (AvgIpc) is 2.79. The zero-order valence-corrected chi connectivity index (χ0v) is 16.4. The second-order valence-electron chi connectivity index (χ2n) is 7.30. The van der Waals surface area contributed by atoms with Gasteiger partial charge in [0, 0.05) is 33.4 Å². The van der Waals surface area contributed by atoms with Crippen LogP contribution in [-0.2, 0) is 9.53 Å². The van der Waals surface area contributed by atoms with Crippen LogP contribution < -0.4 is 5.32 Å². The minimum atomic E-state index is -1.47. The van der Waals surface area contributed by atoms with Crippen molar-refractivity contribution in [2.75, 3.05) is 6.61 Å². The highest BCUT2D eigenvalue weighted by Crippen LogP contribution is 2.41. The lowest BCUT2D eigenvalue weighted by molar-refractivity contribution is -0.145. The third kappa shape index (κ3) is 2.49. The quantitative estimate of drug-likeness (QED) is 0.754. The predicted molar refractivity (Wildman–Crippen MR) is 108 cm³/mol. The minimum Gasteiger partial charge on any atom is -0.465 e. The first-order valence-electron chi connectivity index (χ1n) is 9.74. The van der Waals surface area contributed by atoms with Gasteiger partial charge in [0.1, 0.15) is 5.92 Å². The second-order valence-corrected chi connectivity index (χ2v) is 7.30. The van der Waals surface area contributed by atoms with Gasteiger partial charge in [0.25, 0.3) is 0 Å². The zero-order valence-electron chi connectivity index (χ0n) is 16.4. The van der Waals surface area contributed by atoms with Gasteiger partial charge in [-0.3, -0.25) is 24.0 Å². The molecule has 0 radical (unpaired) electrons. The van der Waals surface area contributed by atoms with Gasteiger partial charge in [-0.2, -0.15) is 0 Å². The molecule has 0 unspecified atom stereocenters. The van der Waals surface area contributed by atoms with Gasteiger partial charge in [-0.05, 0) is 6.92 Å². The highest BCUT2D eigenvalue weighted by Gasteiger charge is 2.50. The summed E-state index contributed by atoms with van der Waals surface area (Å²) in [7, 11) is 0. The van der Waals surface area contributed by atoms with Crippen molar-refractivity contribution in [1.82, 2.24) is 5.32 Å². The Morgan fingerprint density at radius 3 is 1.52 bits per heavy atom. The number of allylic oxidation sites excluding steroid dienone is 2. The van der Waals surface area contributed by atoms with Crippen LogP contribution in [0.15, 0.2) is 71.1 Å². The monoisotopic (exact) mass is 413 g/mol. The molecule has 5 rings (SSSR count). The summed E-state index contributed by atoms with van der Waals surface area (Å²) in [5.74, 6) is -4.48. The summed E-state index contributed by atoms with van der Waals surface area (Å²) in [6.07, 6.45) is 0. The lowest BCUT2D eigenvalue weighted by Crippen LogP contribution is -2.46. The maximum atomic E-state index is 13.3. The number of fused-ring (bicyclic) bond motifs is 2. The summed E-state index contributed by atoms with van der Waals surface area (Å²) in [5.41, 5.74) is -0.0477. The Bertz CT molecular complexity index is 1220. The molecule has 2 aromatic carbocycles. The van der Waals surface area contributed by atoms with Crippen LogP contribution >= 0.6 is 0 Å². The van der Waals surface area contributed by atoms with Crippen LogP contribution in [-0.4, -0.2) is 35.7 Å². The van der Waals surface area contributed by atoms with E-state index in [0.29, 0.717) is 0 Å². The van der Waals surface area contributed by atoms with Gasteiger partial charge in [-0.1, -0.05) is 48.5 Å². The Balaban J connectivity index is 1.76. The van der Waals surface area contributed by atoms with Gasteiger partial charge in [0.05, 0.1) is 18.0 Å². The Labute approximate surface area is 176 Å². The van der Waals surface area contributed by atoms with E-state index in [9.17, 15) is 24.0 Å². The standard InChI is InChI=1S/C24H15NO6/c1-2-31-24(30)15-16-18(22(28)13-9-5-3-7-11(13)20(16)26)25-19-17(15)21(27)12-8-4-6-10-14(12)23(19)29/h3-10,15,25H,2H2,1H3. The van der Waals surface area contributed by atoms with E-state index in [1.807, 2.05) is 0 Å². The maximum absolute atomic E-state index is 13.3. The van der Waals surface area contributed by atoms with E-state index in [1.165, 1.54) is 24.3 Å². The molecule has 1 N–H and O–H groups in total. The Hall–Kier alpha value is -4.13. The van der Waals surface area contributed by atoms with Crippen LogP contribution in [0.4, 0.5) is 0 Å². The van der Waals surface area contributed by atoms with E-state index in [4.69, 9.17) is 4.74 Å². The maximum Gasteiger partial charge on any atom is 0.318 e. The highest BCUT2D eigenvalue weighted by atomic mass is 16.5. The molecule has 0 bridgehead atoms. The van der Waals surface area contributed by atoms with Crippen LogP contribution in [0.2, 0.25) is 0 Å². The van der Waals surface area contributed by atoms with Crippen molar-refractivity contribution < 1.29 is 28.7 Å². The summed E-state index contributed by atoms with van der Waals surface area (Å²) < 4.78 is 5.16. The first kappa shape index (κ1) is 18.9. The van der Waals surface area contributed by atoms with E-state index in [2.05, 4.69) is 5.32 Å². The number of hydrogen-bond acceptors (Lipinski definition) is 7. The molecule has 0 aromatic heterocycles. The highest BCUT2D eigenvalue weighted by molar-refractivity contribution is 6.34. The van der Waals surface area contributed by atoms with Gasteiger partial charge in [0.2, 0.25) is 11.6 Å². The number of carbonyl (C=O) groups excluding carboxylic acids is 5. The Kier molecular flexibility index (Phi) is 4.08. The molecule has 0 saturated heterocycles. The molecule has 0 spiro atoms. The molecule has 152 valence electrons. The van der Waals surface area contributed by atoms with Gasteiger partial charge in [0.15, 0.2) is 11.6 Å². The van der Waals surface area contributed by atoms with Crippen LogP contribution in [0.1, 0.15) is 48.4 Å². The number of nitrogens with one attached hydrogen (secondary N) is 1. The molecule has 0 fully saturated rings. The average molecular weight is 413 g/mol. The Morgan fingerprint density at radius 2 is 1.13 bits per heavy atom. The number of carbonyl (C=O) groups is 5. The third-order valence-electron chi connectivity index (χ3n) is 5.66. The van der Waals surface area contributed by atoms with E-state index in [-0.39, 0.29) is 51.4 Å². The number of dihydropyridines is 1. The van der Waals surface area contributed by atoms with Crippen LogP contribution in [0.25, 0.3) is 0 Å². The minimum absolute atomic E-state index is 0.00539. The fourth-order valence-electron chi connectivity index (χ4n) is 4.32. The van der Waals surface area contributed by atoms with Gasteiger partial charge >= 0.3 is 5.97 Å². The van der Waals surface area contributed by atoms with Crippen LogP contribution in [0.3, 0.4) is 0 Å². The molecule has 0 amide bonds. The van der Waals surface area contributed by atoms with E-state index < -0.39 is 35.0 Å². The number of ketones is 4. The molecule has 7 heteroatoms. The van der Waals surface area contributed by atoms with Gasteiger partial charge < -0.3 is 10.1 Å². The summed E-state index contributed by atoms with van der Waals surface area (Å²) in [6, 6.07) is 12.5. The normalized spacial score (nSPS) is 17.6. The van der Waals surface area contributed by atoms with Crippen LogP contribution in [0.5, 0.6) is 0 Å². The Morgan fingerprint density at radius 1 is 0.742 bits per heavy atom. The molecule has 2 aromatic rings. The molecule has 0 saturated carbocycles. The topological polar surface area (TPSA) is 107 Å². The number of hydrogen-bond donors (Lipinski definition) is 1. The van der Waals surface area contributed by atoms with Crippen molar-refractivity contribution in [3.05, 3.63) is 93.3 Å². The summed E-state index contributed by atoms with van der Waals surface area (Å²) in [4.78, 5) is 66.1. The third-order valence-corrected chi connectivity index (χ3v) is 5.66. The first-order chi connectivity index (χ1) is 15.0. The second kappa shape index (κ2) is 6.70. The summed E-state index contributed by atoms with van der Waals surface area (Å²) in [6.45, 7) is 1.60. The van der Waals surface area contributed by atoms with E-state index in [0.717, 1.165) is 0 Å². The van der Waals surface area contributed by atoms with E-state index >= 15 is 0 Å². The molecule has 2 aliphatic carbocycles.